The van der Waals surface area contributed by atoms with Gasteiger partial charge >= 0.3 is 0 Å². The Balaban J connectivity index is 1.81. The lowest BCUT2D eigenvalue weighted by atomic mass is 10.0. The first kappa shape index (κ1) is 15.8. The summed E-state index contributed by atoms with van der Waals surface area (Å²) in [4.78, 5) is 12.7. The average molecular weight is 372 g/mol. The van der Waals surface area contributed by atoms with Crippen LogP contribution in [0.3, 0.4) is 0 Å². The number of nitrogens with zero attached hydrogens (tertiary/aromatic N) is 1. The maximum Gasteiger partial charge on any atom is 0.201 e. The molecule has 1 aromatic heterocycles. The van der Waals surface area contributed by atoms with Gasteiger partial charge in [0.15, 0.2) is 11.5 Å². The van der Waals surface area contributed by atoms with E-state index in [-0.39, 0.29) is 21.8 Å². The minimum atomic E-state index is -3.73. The number of rotatable bonds is 2. The van der Waals surface area contributed by atoms with Crippen LogP contribution in [0.4, 0.5) is 0 Å². The predicted molar refractivity (Wildman–Crippen MR) is 92.9 cm³/mol. The van der Waals surface area contributed by atoms with Crippen LogP contribution >= 0.6 is 11.6 Å². The third-order valence-corrected chi connectivity index (χ3v) is 5.60. The highest BCUT2D eigenvalue weighted by molar-refractivity contribution is 7.94. The molecule has 2 aromatic carbocycles. The Morgan fingerprint density at radius 1 is 1.00 bits per heavy atom. The van der Waals surface area contributed by atoms with Crippen molar-refractivity contribution in [1.82, 2.24) is 5.16 Å². The second-order valence-corrected chi connectivity index (χ2v) is 7.69. The molecule has 1 aliphatic rings. The molecule has 0 saturated heterocycles. The van der Waals surface area contributed by atoms with E-state index in [0.717, 1.165) is 5.41 Å². The van der Waals surface area contributed by atoms with E-state index in [0.29, 0.717) is 16.3 Å². The fraction of sp³-hybridized carbons (Fsp3) is 0. The van der Waals surface area contributed by atoms with Crippen molar-refractivity contribution >= 4 is 32.8 Å². The smallest absolute Gasteiger partial charge is 0.201 e. The Labute approximate surface area is 148 Å². The molecule has 0 amide bonds. The van der Waals surface area contributed by atoms with E-state index < -0.39 is 15.6 Å². The van der Waals surface area contributed by atoms with E-state index in [9.17, 15) is 13.2 Å². The van der Waals surface area contributed by atoms with E-state index in [1.807, 2.05) is 0 Å². The fourth-order valence-electron chi connectivity index (χ4n) is 2.68. The molecule has 0 aliphatic carbocycles. The van der Waals surface area contributed by atoms with Crippen LogP contribution in [0.5, 0.6) is 0 Å². The van der Waals surface area contributed by atoms with Crippen LogP contribution < -0.4 is 0 Å². The topological polar surface area (TPSA) is 77.2 Å². The summed E-state index contributed by atoms with van der Waals surface area (Å²) in [5, 5.41) is 5.38. The number of hydrogen-bond donors (Lipinski definition) is 0. The van der Waals surface area contributed by atoms with Gasteiger partial charge in [0, 0.05) is 22.2 Å². The lowest BCUT2D eigenvalue weighted by Gasteiger charge is -2.13. The molecule has 124 valence electrons. The quantitative estimate of drug-likeness (QED) is 0.680. The monoisotopic (exact) mass is 371 g/mol. The molecule has 2 heterocycles. The first-order valence-electron chi connectivity index (χ1n) is 7.29. The highest BCUT2D eigenvalue weighted by Crippen LogP contribution is 2.33. The number of sulfone groups is 1. The standard InChI is InChI=1S/C18H10ClNO4S/c19-12-5-3-4-11(8-12)15-9-16(24-20-15)14-10-25(22,23)17-7-2-1-6-13(17)18(14)21/h1-10H. The minimum Gasteiger partial charge on any atom is -0.355 e. The number of halogens is 1. The lowest BCUT2D eigenvalue weighted by Crippen LogP contribution is -2.15. The molecular formula is C18H10ClNO4S. The zero-order valence-electron chi connectivity index (χ0n) is 12.6. The highest BCUT2D eigenvalue weighted by Gasteiger charge is 2.32. The molecule has 0 radical (unpaired) electrons. The maximum atomic E-state index is 12.7. The first-order valence-corrected chi connectivity index (χ1v) is 9.22. The summed E-state index contributed by atoms with van der Waals surface area (Å²) in [6.07, 6.45) is 0. The van der Waals surface area contributed by atoms with Gasteiger partial charge in [-0.1, -0.05) is 41.0 Å². The molecule has 0 bridgehead atoms. The maximum absolute atomic E-state index is 12.7. The molecule has 0 unspecified atom stereocenters. The Hall–Kier alpha value is -2.70. The molecule has 0 fully saturated rings. The van der Waals surface area contributed by atoms with E-state index in [1.165, 1.54) is 18.2 Å². The van der Waals surface area contributed by atoms with Crippen LogP contribution in [0.2, 0.25) is 5.02 Å². The van der Waals surface area contributed by atoms with Crippen LogP contribution in [0.1, 0.15) is 16.1 Å². The first-order chi connectivity index (χ1) is 12.0. The number of aromatic nitrogens is 1. The summed E-state index contributed by atoms with van der Waals surface area (Å²) in [5.41, 5.74) is 1.25. The van der Waals surface area contributed by atoms with Crippen LogP contribution in [0.15, 0.2) is 69.4 Å². The molecule has 0 saturated carbocycles. The molecule has 0 N–H and O–H groups in total. The summed E-state index contributed by atoms with van der Waals surface area (Å²) in [7, 11) is -3.73. The van der Waals surface area contributed by atoms with Crippen molar-refractivity contribution in [2.75, 3.05) is 0 Å². The van der Waals surface area contributed by atoms with Gasteiger partial charge in [0.05, 0.1) is 15.9 Å². The highest BCUT2D eigenvalue weighted by atomic mass is 35.5. The molecule has 5 nitrogen and oxygen atoms in total. The summed E-state index contributed by atoms with van der Waals surface area (Å²) >= 11 is 5.96. The number of fused-ring (bicyclic) bond motifs is 1. The van der Waals surface area contributed by atoms with Crippen LogP contribution in [0.25, 0.3) is 16.8 Å². The molecule has 0 spiro atoms. The second kappa shape index (κ2) is 5.68. The van der Waals surface area contributed by atoms with E-state index >= 15 is 0 Å². The fourth-order valence-corrected chi connectivity index (χ4v) is 4.26. The van der Waals surface area contributed by atoms with Gasteiger partial charge in [-0.2, -0.15) is 0 Å². The summed E-state index contributed by atoms with van der Waals surface area (Å²) in [5.74, 6) is -0.322. The van der Waals surface area contributed by atoms with Crippen molar-refractivity contribution in [3.63, 3.8) is 0 Å². The van der Waals surface area contributed by atoms with Gasteiger partial charge in [0.25, 0.3) is 0 Å². The average Bonchev–Trinajstić information content (AvgIpc) is 3.08. The molecule has 25 heavy (non-hydrogen) atoms. The summed E-state index contributed by atoms with van der Waals surface area (Å²) < 4.78 is 30.1. The lowest BCUT2D eigenvalue weighted by molar-refractivity contribution is 0.105. The predicted octanol–water partition coefficient (Wildman–Crippen LogP) is 4.01. The zero-order valence-corrected chi connectivity index (χ0v) is 14.2. The van der Waals surface area contributed by atoms with Gasteiger partial charge in [0.2, 0.25) is 9.84 Å². The molecule has 7 heteroatoms. The number of allylic oxidation sites excluding steroid dienone is 1. The Kier molecular flexibility index (Phi) is 3.59. The van der Waals surface area contributed by atoms with E-state index in [2.05, 4.69) is 5.16 Å². The van der Waals surface area contributed by atoms with Gasteiger partial charge in [-0.25, -0.2) is 8.42 Å². The second-order valence-electron chi connectivity index (χ2n) is 5.49. The third kappa shape index (κ3) is 2.69. The van der Waals surface area contributed by atoms with Crippen molar-refractivity contribution in [3.8, 4) is 11.3 Å². The number of Topliss-reactive ketones (excluding diaryl/α,β-unsaturated/α-hetero) is 1. The number of carbonyl (C=O) groups is 1. The normalized spacial score (nSPS) is 15.6. The third-order valence-electron chi connectivity index (χ3n) is 3.85. The van der Waals surface area contributed by atoms with Crippen molar-refractivity contribution in [2.45, 2.75) is 4.90 Å². The van der Waals surface area contributed by atoms with Crippen LogP contribution in [0, 0.1) is 0 Å². The Bertz CT molecular complexity index is 1150. The SMILES string of the molecule is O=C1C(c2cc(-c3cccc(Cl)c3)no2)=CS(=O)(=O)c2ccccc21. The molecule has 1 aliphatic heterocycles. The molecular weight excluding hydrogens is 362 g/mol. The molecule has 3 aromatic rings. The van der Waals surface area contributed by atoms with Gasteiger partial charge < -0.3 is 4.52 Å². The zero-order chi connectivity index (χ0) is 17.6. The van der Waals surface area contributed by atoms with Crippen LogP contribution in [-0.4, -0.2) is 19.4 Å². The van der Waals surface area contributed by atoms with Gasteiger partial charge in [0.1, 0.15) is 5.69 Å². The van der Waals surface area contributed by atoms with Crippen molar-refractivity contribution < 1.29 is 17.7 Å². The largest absolute Gasteiger partial charge is 0.355 e. The van der Waals surface area contributed by atoms with Gasteiger partial charge in [-0.05, 0) is 24.3 Å². The number of benzene rings is 2. The van der Waals surface area contributed by atoms with Crippen molar-refractivity contribution in [2.24, 2.45) is 0 Å². The Morgan fingerprint density at radius 2 is 1.80 bits per heavy atom. The van der Waals surface area contributed by atoms with Gasteiger partial charge in [-0.15, -0.1) is 0 Å². The number of carbonyl (C=O) groups excluding carboxylic acids is 1. The van der Waals surface area contributed by atoms with Gasteiger partial charge in [-0.3, -0.25) is 4.79 Å². The van der Waals surface area contributed by atoms with Crippen molar-refractivity contribution in [3.05, 3.63) is 76.4 Å². The molecule has 4 rings (SSSR count). The van der Waals surface area contributed by atoms with E-state index in [1.54, 1.807) is 36.4 Å². The van der Waals surface area contributed by atoms with E-state index in [4.69, 9.17) is 16.1 Å². The molecule has 0 atom stereocenters. The van der Waals surface area contributed by atoms with Crippen LogP contribution in [-0.2, 0) is 9.84 Å². The minimum absolute atomic E-state index is 0.00155. The van der Waals surface area contributed by atoms with Crippen molar-refractivity contribution in [1.29, 1.82) is 0 Å². The number of ketones is 1. The summed E-state index contributed by atoms with van der Waals surface area (Å²) in [6, 6.07) is 14.6. The summed E-state index contributed by atoms with van der Waals surface area (Å²) in [6.45, 7) is 0. The number of hydrogen-bond acceptors (Lipinski definition) is 5. The Morgan fingerprint density at radius 3 is 2.60 bits per heavy atom.